The van der Waals surface area contributed by atoms with Crippen molar-refractivity contribution in [3.8, 4) is 0 Å². The number of amides is 2. The van der Waals surface area contributed by atoms with Crippen LogP contribution in [0.15, 0.2) is 54.7 Å². The highest BCUT2D eigenvalue weighted by Crippen LogP contribution is 2.26. The van der Waals surface area contributed by atoms with Gasteiger partial charge in [-0.2, -0.15) is 0 Å². The Hall–Kier alpha value is -2.82. The third-order valence-electron chi connectivity index (χ3n) is 3.46. The van der Waals surface area contributed by atoms with Crippen LogP contribution in [0.2, 0.25) is 0 Å². The van der Waals surface area contributed by atoms with Crippen molar-refractivity contribution in [3.63, 3.8) is 0 Å². The quantitative estimate of drug-likeness (QED) is 0.737. The Balaban J connectivity index is 1.82. The van der Waals surface area contributed by atoms with E-state index in [0.717, 1.165) is 23.1 Å². The van der Waals surface area contributed by atoms with E-state index in [-0.39, 0.29) is 5.82 Å². The molecule has 2 amide bonds. The van der Waals surface area contributed by atoms with Crippen LogP contribution in [-0.4, -0.2) is 10.6 Å². The number of benzene rings is 2. The van der Waals surface area contributed by atoms with Crippen molar-refractivity contribution in [3.05, 3.63) is 60.5 Å². The molecule has 0 bridgehead atoms. The van der Waals surface area contributed by atoms with Crippen molar-refractivity contribution in [1.82, 2.24) is 4.57 Å². The lowest BCUT2D eigenvalue weighted by Gasteiger charge is -2.06. The number of hydrogen-bond donors (Lipinski definition) is 2. The summed E-state index contributed by atoms with van der Waals surface area (Å²) in [5.74, 6) is -0.389. The minimum atomic E-state index is -0.399. The van der Waals surface area contributed by atoms with E-state index in [4.69, 9.17) is 0 Å². The Kier molecular flexibility index (Phi) is 3.78. The molecule has 5 heteroatoms. The number of carbonyl (C=O) groups excluding carboxylic acids is 1. The van der Waals surface area contributed by atoms with Gasteiger partial charge in [-0.05, 0) is 31.2 Å². The number of urea groups is 1. The maximum Gasteiger partial charge on any atom is 0.323 e. The first-order chi connectivity index (χ1) is 10.7. The standard InChI is InChI=1S/C17H16FN3O/c1-2-21-11-15(14-8-3-4-9-16(14)21)20-17(22)19-13-7-5-6-12(18)10-13/h3-11H,2H2,1H3,(H2,19,20,22). The van der Waals surface area contributed by atoms with Gasteiger partial charge < -0.3 is 15.2 Å². The van der Waals surface area contributed by atoms with Crippen molar-refractivity contribution in [2.24, 2.45) is 0 Å². The Morgan fingerprint density at radius 2 is 1.95 bits per heavy atom. The third kappa shape index (κ3) is 2.79. The fourth-order valence-corrected chi connectivity index (χ4v) is 2.46. The van der Waals surface area contributed by atoms with Crippen LogP contribution in [0.25, 0.3) is 10.9 Å². The van der Waals surface area contributed by atoms with E-state index in [1.807, 2.05) is 37.4 Å². The molecule has 0 fully saturated rings. The third-order valence-corrected chi connectivity index (χ3v) is 3.46. The lowest BCUT2D eigenvalue weighted by Crippen LogP contribution is -2.19. The maximum atomic E-state index is 13.1. The van der Waals surface area contributed by atoms with Crippen molar-refractivity contribution >= 4 is 28.3 Å². The second kappa shape index (κ2) is 5.89. The molecule has 0 aliphatic rings. The summed E-state index contributed by atoms with van der Waals surface area (Å²) in [7, 11) is 0. The molecule has 1 heterocycles. The largest absolute Gasteiger partial charge is 0.346 e. The minimum absolute atomic E-state index is 0.389. The molecular weight excluding hydrogens is 281 g/mol. The summed E-state index contributed by atoms with van der Waals surface area (Å²) < 4.78 is 15.2. The summed E-state index contributed by atoms with van der Waals surface area (Å²) in [6, 6.07) is 13.2. The predicted octanol–water partition coefficient (Wildman–Crippen LogP) is 4.44. The van der Waals surface area contributed by atoms with E-state index in [9.17, 15) is 9.18 Å². The highest BCUT2D eigenvalue weighted by atomic mass is 19.1. The van der Waals surface area contributed by atoms with E-state index < -0.39 is 6.03 Å². The normalized spacial score (nSPS) is 10.6. The lowest BCUT2D eigenvalue weighted by atomic mass is 10.2. The first kappa shape index (κ1) is 14.1. The molecule has 0 atom stereocenters. The van der Waals surface area contributed by atoms with Gasteiger partial charge in [-0.15, -0.1) is 0 Å². The molecule has 1 aromatic heterocycles. The smallest absolute Gasteiger partial charge is 0.323 e. The van der Waals surface area contributed by atoms with Gasteiger partial charge in [0.2, 0.25) is 0 Å². The molecule has 0 aliphatic heterocycles. The molecule has 3 rings (SSSR count). The van der Waals surface area contributed by atoms with Gasteiger partial charge in [0, 0.05) is 23.8 Å². The van der Waals surface area contributed by atoms with Crippen LogP contribution in [0.3, 0.4) is 0 Å². The summed E-state index contributed by atoms with van der Waals surface area (Å²) in [5.41, 5.74) is 2.20. The van der Waals surface area contributed by atoms with E-state index in [0.29, 0.717) is 5.69 Å². The van der Waals surface area contributed by atoms with Crippen LogP contribution in [-0.2, 0) is 6.54 Å². The van der Waals surface area contributed by atoms with Gasteiger partial charge in [-0.3, -0.25) is 0 Å². The van der Waals surface area contributed by atoms with Gasteiger partial charge in [0.05, 0.1) is 11.2 Å². The van der Waals surface area contributed by atoms with Crippen molar-refractivity contribution in [2.45, 2.75) is 13.5 Å². The molecule has 112 valence electrons. The predicted molar refractivity (Wildman–Crippen MR) is 86.7 cm³/mol. The molecule has 4 nitrogen and oxygen atoms in total. The molecule has 0 saturated heterocycles. The number of aromatic nitrogens is 1. The number of rotatable bonds is 3. The van der Waals surface area contributed by atoms with E-state index >= 15 is 0 Å². The molecule has 0 saturated carbocycles. The lowest BCUT2D eigenvalue weighted by molar-refractivity contribution is 0.262. The molecule has 0 spiro atoms. The summed E-state index contributed by atoms with van der Waals surface area (Å²) in [6.45, 7) is 2.86. The van der Waals surface area contributed by atoms with Gasteiger partial charge >= 0.3 is 6.03 Å². The van der Waals surface area contributed by atoms with E-state index in [1.54, 1.807) is 12.1 Å². The van der Waals surface area contributed by atoms with E-state index in [1.165, 1.54) is 12.1 Å². The summed E-state index contributed by atoms with van der Waals surface area (Å²) in [5, 5.41) is 6.41. The fraction of sp³-hybridized carbons (Fsp3) is 0.118. The SMILES string of the molecule is CCn1cc(NC(=O)Nc2cccc(F)c2)c2ccccc21. The number of nitrogens with one attached hydrogen (secondary N) is 2. The van der Waals surface area contributed by atoms with Crippen LogP contribution in [0, 0.1) is 5.82 Å². The van der Waals surface area contributed by atoms with Crippen LogP contribution in [0.5, 0.6) is 0 Å². The van der Waals surface area contributed by atoms with Gasteiger partial charge in [-0.1, -0.05) is 24.3 Å². The molecule has 3 aromatic rings. The topological polar surface area (TPSA) is 46.1 Å². The van der Waals surface area contributed by atoms with Gasteiger partial charge in [0.1, 0.15) is 5.82 Å². The average Bonchev–Trinajstić information content (AvgIpc) is 2.85. The zero-order valence-electron chi connectivity index (χ0n) is 12.1. The van der Waals surface area contributed by atoms with E-state index in [2.05, 4.69) is 15.2 Å². The Morgan fingerprint density at radius 1 is 1.14 bits per heavy atom. The number of anilines is 2. The maximum absolute atomic E-state index is 13.1. The number of para-hydroxylation sites is 1. The van der Waals surface area contributed by atoms with Crippen molar-refractivity contribution in [2.75, 3.05) is 10.6 Å². The number of halogens is 1. The van der Waals surface area contributed by atoms with Crippen LogP contribution >= 0.6 is 0 Å². The zero-order chi connectivity index (χ0) is 15.5. The molecule has 0 radical (unpaired) electrons. The molecule has 0 aliphatic carbocycles. The Morgan fingerprint density at radius 3 is 2.73 bits per heavy atom. The fourth-order valence-electron chi connectivity index (χ4n) is 2.46. The first-order valence-corrected chi connectivity index (χ1v) is 7.09. The molecular formula is C17H16FN3O. The van der Waals surface area contributed by atoms with Gasteiger partial charge in [-0.25, -0.2) is 9.18 Å². The number of nitrogens with zero attached hydrogens (tertiary/aromatic N) is 1. The van der Waals surface area contributed by atoms with Crippen LogP contribution in [0.4, 0.5) is 20.6 Å². The number of aryl methyl sites for hydroxylation is 1. The highest BCUT2D eigenvalue weighted by Gasteiger charge is 2.10. The average molecular weight is 297 g/mol. The van der Waals surface area contributed by atoms with Crippen LogP contribution in [0.1, 0.15) is 6.92 Å². The summed E-state index contributed by atoms with van der Waals surface area (Å²) in [4.78, 5) is 12.1. The number of carbonyl (C=O) groups is 1. The zero-order valence-corrected chi connectivity index (χ0v) is 12.1. The molecule has 22 heavy (non-hydrogen) atoms. The van der Waals surface area contributed by atoms with Crippen molar-refractivity contribution < 1.29 is 9.18 Å². The number of hydrogen-bond acceptors (Lipinski definition) is 1. The molecule has 2 N–H and O–H groups in total. The second-order valence-electron chi connectivity index (χ2n) is 4.94. The first-order valence-electron chi connectivity index (χ1n) is 7.09. The molecule has 0 unspecified atom stereocenters. The second-order valence-corrected chi connectivity index (χ2v) is 4.94. The van der Waals surface area contributed by atoms with Gasteiger partial charge in [0.25, 0.3) is 0 Å². The van der Waals surface area contributed by atoms with Crippen LogP contribution < -0.4 is 10.6 Å². The van der Waals surface area contributed by atoms with Crippen molar-refractivity contribution in [1.29, 1.82) is 0 Å². The Bertz CT molecular complexity index is 826. The Labute approximate surface area is 127 Å². The highest BCUT2D eigenvalue weighted by molar-refractivity contribution is 6.06. The number of fused-ring (bicyclic) bond motifs is 1. The summed E-state index contributed by atoms with van der Waals surface area (Å²) in [6.07, 6.45) is 1.90. The summed E-state index contributed by atoms with van der Waals surface area (Å²) >= 11 is 0. The minimum Gasteiger partial charge on any atom is -0.346 e. The van der Waals surface area contributed by atoms with Gasteiger partial charge in [0.15, 0.2) is 0 Å². The molecule has 2 aromatic carbocycles. The monoisotopic (exact) mass is 297 g/mol.